The molecule has 0 saturated heterocycles. The van der Waals surface area contributed by atoms with Gasteiger partial charge in [0.1, 0.15) is 18.1 Å². The van der Waals surface area contributed by atoms with Crippen LogP contribution in [0.3, 0.4) is 0 Å². The second-order valence-electron chi connectivity index (χ2n) is 8.82. The van der Waals surface area contributed by atoms with Gasteiger partial charge in [-0.05, 0) is 49.4 Å². The minimum absolute atomic E-state index is 0.0491. The van der Waals surface area contributed by atoms with Gasteiger partial charge in [-0.15, -0.1) is 0 Å². The molecule has 0 N–H and O–H groups in total. The van der Waals surface area contributed by atoms with E-state index >= 15 is 0 Å². The SMILES string of the molecule is CCC(C(=O)N(CC(=O)N(Cc1ccccc1)Cc1ccc(C)o1)C1CC1)c1ccccc1. The summed E-state index contributed by atoms with van der Waals surface area (Å²) in [5.74, 6) is 1.33. The van der Waals surface area contributed by atoms with Gasteiger partial charge < -0.3 is 14.2 Å². The van der Waals surface area contributed by atoms with Crippen LogP contribution in [0.25, 0.3) is 0 Å². The van der Waals surface area contributed by atoms with Crippen LogP contribution in [0.1, 0.15) is 54.8 Å². The molecule has 4 rings (SSSR count). The summed E-state index contributed by atoms with van der Waals surface area (Å²) in [6, 6.07) is 23.8. The van der Waals surface area contributed by atoms with E-state index in [2.05, 4.69) is 0 Å². The van der Waals surface area contributed by atoms with Crippen molar-refractivity contribution in [3.05, 3.63) is 95.4 Å². The maximum absolute atomic E-state index is 13.6. The van der Waals surface area contributed by atoms with Crippen molar-refractivity contribution in [3.8, 4) is 0 Å². The maximum Gasteiger partial charge on any atom is 0.242 e. The molecule has 0 aliphatic heterocycles. The Bertz CT molecular complexity index is 1060. The van der Waals surface area contributed by atoms with Crippen LogP contribution in [0, 0.1) is 6.92 Å². The van der Waals surface area contributed by atoms with Crippen molar-refractivity contribution >= 4 is 11.8 Å². The van der Waals surface area contributed by atoms with Crippen molar-refractivity contribution in [1.82, 2.24) is 9.80 Å². The lowest BCUT2D eigenvalue weighted by Gasteiger charge is -2.30. The number of hydrogen-bond acceptors (Lipinski definition) is 3. The van der Waals surface area contributed by atoms with Crippen molar-refractivity contribution < 1.29 is 14.0 Å². The second-order valence-corrected chi connectivity index (χ2v) is 8.82. The normalized spacial score (nSPS) is 14.0. The van der Waals surface area contributed by atoms with Crippen LogP contribution in [0.15, 0.2) is 77.2 Å². The molecular formula is C28H32N2O3. The fraction of sp³-hybridized carbons (Fsp3) is 0.357. The third-order valence-electron chi connectivity index (χ3n) is 6.20. The average Bonchev–Trinajstić information content (AvgIpc) is 3.59. The highest BCUT2D eigenvalue weighted by Crippen LogP contribution is 2.31. The fourth-order valence-electron chi connectivity index (χ4n) is 4.25. The zero-order chi connectivity index (χ0) is 23.2. The molecule has 1 aliphatic rings. The molecule has 5 heteroatoms. The lowest BCUT2D eigenvalue weighted by Crippen LogP contribution is -2.45. The van der Waals surface area contributed by atoms with Crippen LogP contribution < -0.4 is 0 Å². The molecule has 1 fully saturated rings. The van der Waals surface area contributed by atoms with Gasteiger partial charge >= 0.3 is 0 Å². The Balaban J connectivity index is 1.53. The molecule has 1 saturated carbocycles. The molecule has 0 radical (unpaired) electrons. The van der Waals surface area contributed by atoms with Gasteiger partial charge in [0.2, 0.25) is 11.8 Å². The number of rotatable bonds is 10. The molecule has 5 nitrogen and oxygen atoms in total. The van der Waals surface area contributed by atoms with Gasteiger partial charge in [0, 0.05) is 12.6 Å². The van der Waals surface area contributed by atoms with E-state index in [1.54, 1.807) is 4.90 Å². The smallest absolute Gasteiger partial charge is 0.242 e. The van der Waals surface area contributed by atoms with Gasteiger partial charge in [0.25, 0.3) is 0 Å². The van der Waals surface area contributed by atoms with Gasteiger partial charge in [-0.1, -0.05) is 67.6 Å². The number of aryl methyl sites for hydroxylation is 1. The molecule has 33 heavy (non-hydrogen) atoms. The second kappa shape index (κ2) is 10.5. The first-order valence-corrected chi connectivity index (χ1v) is 11.8. The summed E-state index contributed by atoms with van der Waals surface area (Å²) in [6.07, 6.45) is 2.63. The molecule has 2 aromatic carbocycles. The lowest BCUT2D eigenvalue weighted by molar-refractivity contribution is -0.142. The summed E-state index contributed by atoms with van der Waals surface area (Å²) in [4.78, 5) is 30.7. The number of carbonyl (C=O) groups is 2. The summed E-state index contributed by atoms with van der Waals surface area (Å²) in [5.41, 5.74) is 2.06. The van der Waals surface area contributed by atoms with Gasteiger partial charge in [0.05, 0.1) is 12.5 Å². The highest BCUT2D eigenvalue weighted by atomic mass is 16.3. The summed E-state index contributed by atoms with van der Waals surface area (Å²) in [6.45, 7) is 4.88. The number of hydrogen-bond donors (Lipinski definition) is 0. The Labute approximate surface area is 196 Å². The molecule has 1 atom stereocenters. The Kier molecular flexibility index (Phi) is 7.28. The van der Waals surface area contributed by atoms with Gasteiger partial charge in [-0.2, -0.15) is 0 Å². The predicted octanol–water partition coefficient (Wildman–Crippen LogP) is 5.30. The van der Waals surface area contributed by atoms with E-state index in [1.165, 1.54) is 0 Å². The number of carbonyl (C=O) groups excluding carboxylic acids is 2. The monoisotopic (exact) mass is 444 g/mol. The topological polar surface area (TPSA) is 53.8 Å². The van der Waals surface area contributed by atoms with E-state index in [4.69, 9.17) is 4.42 Å². The zero-order valence-electron chi connectivity index (χ0n) is 19.4. The Morgan fingerprint density at radius 1 is 0.939 bits per heavy atom. The molecule has 1 aliphatic carbocycles. The largest absolute Gasteiger partial charge is 0.464 e. The average molecular weight is 445 g/mol. The van der Waals surface area contributed by atoms with Crippen molar-refractivity contribution in [2.45, 2.75) is 58.2 Å². The van der Waals surface area contributed by atoms with E-state index in [9.17, 15) is 9.59 Å². The highest BCUT2D eigenvalue weighted by molar-refractivity contribution is 5.89. The number of furan rings is 1. The van der Waals surface area contributed by atoms with Crippen molar-refractivity contribution in [3.63, 3.8) is 0 Å². The molecule has 1 heterocycles. The molecule has 0 spiro atoms. The fourth-order valence-corrected chi connectivity index (χ4v) is 4.25. The van der Waals surface area contributed by atoms with E-state index in [1.807, 2.05) is 91.5 Å². The van der Waals surface area contributed by atoms with Crippen LogP contribution in [0.2, 0.25) is 0 Å². The van der Waals surface area contributed by atoms with Crippen molar-refractivity contribution in [1.29, 1.82) is 0 Å². The van der Waals surface area contributed by atoms with E-state index < -0.39 is 0 Å². The highest BCUT2D eigenvalue weighted by Gasteiger charge is 2.37. The van der Waals surface area contributed by atoms with Gasteiger partial charge in [0.15, 0.2) is 0 Å². The third kappa shape index (κ3) is 5.92. The maximum atomic E-state index is 13.6. The van der Waals surface area contributed by atoms with Crippen LogP contribution in [-0.2, 0) is 22.7 Å². The van der Waals surface area contributed by atoms with E-state index in [0.29, 0.717) is 19.5 Å². The third-order valence-corrected chi connectivity index (χ3v) is 6.20. The number of benzene rings is 2. The quantitative estimate of drug-likeness (QED) is 0.426. The Hall–Kier alpha value is -3.34. The Morgan fingerprint density at radius 3 is 2.18 bits per heavy atom. The summed E-state index contributed by atoms with van der Waals surface area (Å²) < 4.78 is 5.75. The summed E-state index contributed by atoms with van der Waals surface area (Å²) in [7, 11) is 0. The molecule has 3 aromatic rings. The minimum Gasteiger partial charge on any atom is -0.464 e. The van der Waals surface area contributed by atoms with Crippen molar-refractivity contribution in [2.24, 2.45) is 0 Å². The van der Waals surface area contributed by atoms with Crippen LogP contribution in [0.5, 0.6) is 0 Å². The number of amides is 2. The summed E-state index contributed by atoms with van der Waals surface area (Å²) >= 11 is 0. The molecule has 2 amide bonds. The van der Waals surface area contributed by atoms with E-state index in [0.717, 1.165) is 35.5 Å². The molecule has 1 unspecified atom stereocenters. The summed E-state index contributed by atoms with van der Waals surface area (Å²) in [5, 5.41) is 0. The van der Waals surface area contributed by atoms with Gasteiger partial charge in [-0.25, -0.2) is 0 Å². The van der Waals surface area contributed by atoms with Crippen LogP contribution >= 0.6 is 0 Å². The Morgan fingerprint density at radius 2 is 1.61 bits per heavy atom. The molecule has 172 valence electrons. The molecule has 0 bridgehead atoms. The van der Waals surface area contributed by atoms with Crippen LogP contribution in [0.4, 0.5) is 0 Å². The molecular weight excluding hydrogens is 412 g/mol. The van der Waals surface area contributed by atoms with E-state index in [-0.39, 0.29) is 30.3 Å². The van der Waals surface area contributed by atoms with Gasteiger partial charge in [-0.3, -0.25) is 9.59 Å². The van der Waals surface area contributed by atoms with Crippen LogP contribution in [-0.4, -0.2) is 34.2 Å². The lowest BCUT2D eigenvalue weighted by atomic mass is 9.95. The first kappa shape index (κ1) is 22.8. The molecule has 1 aromatic heterocycles. The first-order valence-electron chi connectivity index (χ1n) is 11.8. The minimum atomic E-state index is -0.227. The first-order chi connectivity index (χ1) is 16.0. The predicted molar refractivity (Wildman–Crippen MR) is 128 cm³/mol. The zero-order valence-corrected chi connectivity index (χ0v) is 19.4. The number of nitrogens with zero attached hydrogens (tertiary/aromatic N) is 2. The van der Waals surface area contributed by atoms with Crippen molar-refractivity contribution in [2.75, 3.05) is 6.54 Å². The standard InChI is InChI=1S/C28H32N2O3/c1-3-26(23-12-8-5-9-13-23)28(32)30(24-15-16-24)20-27(31)29(18-22-10-6-4-7-11-22)19-25-17-14-21(2)33-25/h4-14,17,24,26H,3,15-16,18-20H2,1-2H3.